The van der Waals surface area contributed by atoms with Crippen molar-refractivity contribution in [3.8, 4) is 0 Å². The van der Waals surface area contributed by atoms with E-state index in [0.717, 1.165) is 42.2 Å². The van der Waals surface area contributed by atoms with Crippen molar-refractivity contribution in [2.75, 3.05) is 7.11 Å². The summed E-state index contributed by atoms with van der Waals surface area (Å²) in [7, 11) is -2.65. The lowest BCUT2D eigenvalue weighted by atomic mass is 9.99. The number of rotatable bonds is 2. The minimum Gasteiger partial charge on any atom is -0.465 e. The van der Waals surface area contributed by atoms with E-state index < -0.39 is 27.5 Å². The SMILES string of the molecule is COC(=O)C1=CS(=O)(=O)C=C1c1ccc(C(F)(F)F)cc1. The van der Waals surface area contributed by atoms with Crippen LogP contribution in [0.1, 0.15) is 11.1 Å². The highest BCUT2D eigenvalue weighted by molar-refractivity contribution is 7.97. The van der Waals surface area contributed by atoms with E-state index in [2.05, 4.69) is 4.74 Å². The van der Waals surface area contributed by atoms with Crippen LogP contribution in [0.25, 0.3) is 5.57 Å². The van der Waals surface area contributed by atoms with Crippen LogP contribution < -0.4 is 0 Å². The third-order valence-electron chi connectivity index (χ3n) is 2.78. The molecule has 1 aromatic rings. The molecule has 0 saturated heterocycles. The third kappa shape index (κ3) is 3.15. The number of benzene rings is 1. The number of hydrogen-bond donors (Lipinski definition) is 0. The first kappa shape index (κ1) is 15.3. The first-order chi connectivity index (χ1) is 9.64. The highest BCUT2D eigenvalue weighted by Gasteiger charge is 2.31. The minimum absolute atomic E-state index is 0.00979. The van der Waals surface area contributed by atoms with Gasteiger partial charge in [0.05, 0.1) is 23.7 Å². The van der Waals surface area contributed by atoms with E-state index in [-0.39, 0.29) is 16.7 Å². The first-order valence-corrected chi connectivity index (χ1v) is 7.20. The molecule has 21 heavy (non-hydrogen) atoms. The van der Waals surface area contributed by atoms with Crippen molar-refractivity contribution in [3.05, 3.63) is 51.8 Å². The molecule has 0 amide bonds. The monoisotopic (exact) mass is 318 g/mol. The second-order valence-corrected chi connectivity index (χ2v) is 5.87. The number of alkyl halides is 3. The van der Waals surface area contributed by atoms with Gasteiger partial charge in [-0.3, -0.25) is 0 Å². The van der Waals surface area contributed by atoms with Gasteiger partial charge in [-0.2, -0.15) is 13.2 Å². The Morgan fingerprint density at radius 1 is 1.10 bits per heavy atom. The van der Waals surface area contributed by atoms with Crippen molar-refractivity contribution in [1.29, 1.82) is 0 Å². The van der Waals surface area contributed by atoms with Gasteiger partial charge in [0.15, 0.2) is 9.84 Å². The molecule has 1 aromatic carbocycles. The van der Waals surface area contributed by atoms with Crippen LogP contribution >= 0.6 is 0 Å². The second-order valence-electron chi connectivity index (χ2n) is 4.22. The first-order valence-electron chi connectivity index (χ1n) is 5.59. The average molecular weight is 318 g/mol. The number of sulfone groups is 1. The predicted octanol–water partition coefficient (Wildman–Crippen LogP) is 2.53. The molecule has 0 atom stereocenters. The summed E-state index contributed by atoms with van der Waals surface area (Å²) >= 11 is 0. The summed E-state index contributed by atoms with van der Waals surface area (Å²) in [5, 5.41) is 1.55. The van der Waals surface area contributed by atoms with Gasteiger partial charge in [-0.05, 0) is 17.7 Å². The maximum Gasteiger partial charge on any atom is 0.416 e. The van der Waals surface area contributed by atoms with E-state index in [4.69, 9.17) is 0 Å². The molecule has 0 spiro atoms. The molecule has 112 valence electrons. The van der Waals surface area contributed by atoms with Gasteiger partial charge in [0.25, 0.3) is 0 Å². The lowest BCUT2D eigenvalue weighted by Gasteiger charge is -2.09. The average Bonchev–Trinajstić information content (AvgIpc) is 2.73. The highest BCUT2D eigenvalue weighted by atomic mass is 32.2. The summed E-state index contributed by atoms with van der Waals surface area (Å²) in [4.78, 5) is 11.5. The topological polar surface area (TPSA) is 60.4 Å². The molecule has 8 heteroatoms. The molecule has 0 N–H and O–H groups in total. The molecule has 1 aliphatic rings. The van der Waals surface area contributed by atoms with Crippen LogP contribution in [-0.4, -0.2) is 21.5 Å². The number of carbonyl (C=O) groups excluding carboxylic acids is 1. The summed E-state index contributed by atoms with van der Waals surface area (Å²) in [5.41, 5.74) is -0.884. The van der Waals surface area contributed by atoms with E-state index in [1.54, 1.807) is 0 Å². The Labute approximate surface area is 118 Å². The number of halogens is 3. The summed E-state index contributed by atoms with van der Waals surface area (Å²) in [6, 6.07) is 3.84. The lowest BCUT2D eigenvalue weighted by molar-refractivity contribution is -0.137. The van der Waals surface area contributed by atoms with Crippen LogP contribution in [0.2, 0.25) is 0 Å². The highest BCUT2D eigenvalue weighted by Crippen LogP contribution is 2.34. The van der Waals surface area contributed by atoms with Crippen LogP contribution in [0.15, 0.2) is 40.7 Å². The van der Waals surface area contributed by atoms with Crippen molar-refractivity contribution < 1.29 is 31.1 Å². The van der Waals surface area contributed by atoms with Crippen LogP contribution in [-0.2, 0) is 25.5 Å². The van der Waals surface area contributed by atoms with Gasteiger partial charge in [-0.25, -0.2) is 13.2 Å². The molecule has 1 heterocycles. The maximum atomic E-state index is 12.5. The summed E-state index contributed by atoms with van der Waals surface area (Å²) in [6.07, 6.45) is -4.49. The normalized spacial score (nSPS) is 17.1. The fourth-order valence-electron chi connectivity index (χ4n) is 1.82. The van der Waals surface area contributed by atoms with E-state index in [1.807, 2.05) is 0 Å². The van der Waals surface area contributed by atoms with Gasteiger partial charge >= 0.3 is 12.1 Å². The van der Waals surface area contributed by atoms with E-state index >= 15 is 0 Å². The molecule has 1 aliphatic heterocycles. The molecule has 0 bridgehead atoms. The fraction of sp³-hybridized carbons (Fsp3) is 0.154. The molecule has 2 rings (SSSR count). The van der Waals surface area contributed by atoms with E-state index in [0.29, 0.717) is 0 Å². The second kappa shape index (κ2) is 5.03. The molecular weight excluding hydrogens is 309 g/mol. The standard InChI is InChI=1S/C13H9F3O4S/c1-20-12(17)11-7-21(18,19)6-10(11)8-2-4-9(5-3-8)13(14,15)16/h2-7H,1H3. The lowest BCUT2D eigenvalue weighted by Crippen LogP contribution is -2.06. The Balaban J connectivity index is 2.46. The van der Waals surface area contributed by atoms with Gasteiger partial charge in [-0.1, -0.05) is 12.1 Å². The fourth-order valence-corrected chi connectivity index (χ4v) is 3.03. The zero-order valence-corrected chi connectivity index (χ0v) is 11.5. The zero-order chi connectivity index (χ0) is 15.8. The van der Waals surface area contributed by atoms with Crippen molar-refractivity contribution >= 4 is 21.4 Å². The largest absolute Gasteiger partial charge is 0.465 e. The molecule has 0 unspecified atom stereocenters. The smallest absolute Gasteiger partial charge is 0.416 e. The van der Waals surface area contributed by atoms with Gasteiger partial charge < -0.3 is 4.74 Å². The van der Waals surface area contributed by atoms with Crippen LogP contribution in [0.3, 0.4) is 0 Å². The Kier molecular flexibility index (Phi) is 3.66. The van der Waals surface area contributed by atoms with Crippen LogP contribution in [0.4, 0.5) is 13.2 Å². The zero-order valence-electron chi connectivity index (χ0n) is 10.6. The Morgan fingerprint density at radius 3 is 2.14 bits per heavy atom. The molecule has 0 aliphatic carbocycles. The number of hydrogen-bond acceptors (Lipinski definition) is 4. The molecule has 0 radical (unpaired) electrons. The molecular formula is C13H9F3O4S. The van der Waals surface area contributed by atoms with E-state index in [1.165, 1.54) is 0 Å². The summed E-state index contributed by atoms with van der Waals surface area (Å²) in [5.74, 6) is -0.873. The summed E-state index contributed by atoms with van der Waals surface area (Å²) in [6.45, 7) is 0. The number of ether oxygens (including phenoxy) is 1. The summed E-state index contributed by atoms with van der Waals surface area (Å²) < 4.78 is 65.0. The Morgan fingerprint density at radius 2 is 1.67 bits per heavy atom. The molecule has 4 nitrogen and oxygen atoms in total. The quantitative estimate of drug-likeness (QED) is 0.786. The predicted molar refractivity (Wildman–Crippen MR) is 68.4 cm³/mol. The van der Waals surface area contributed by atoms with E-state index in [9.17, 15) is 26.4 Å². The van der Waals surface area contributed by atoms with Crippen LogP contribution in [0.5, 0.6) is 0 Å². The number of esters is 1. The molecule has 0 saturated carbocycles. The molecule has 0 aromatic heterocycles. The van der Waals surface area contributed by atoms with Crippen molar-refractivity contribution in [3.63, 3.8) is 0 Å². The van der Waals surface area contributed by atoms with Crippen molar-refractivity contribution in [1.82, 2.24) is 0 Å². The Hall–Kier alpha value is -2.09. The van der Waals surface area contributed by atoms with Crippen molar-refractivity contribution in [2.24, 2.45) is 0 Å². The Bertz CT molecular complexity index is 741. The van der Waals surface area contributed by atoms with Gasteiger partial charge in [0.2, 0.25) is 0 Å². The molecule has 0 fully saturated rings. The number of methoxy groups -OCH3 is 1. The van der Waals surface area contributed by atoms with Gasteiger partial charge in [0.1, 0.15) is 0 Å². The van der Waals surface area contributed by atoms with Crippen molar-refractivity contribution in [2.45, 2.75) is 6.18 Å². The number of carbonyl (C=O) groups is 1. The minimum atomic E-state index is -4.49. The maximum absolute atomic E-state index is 12.5. The van der Waals surface area contributed by atoms with Gasteiger partial charge in [0, 0.05) is 11.0 Å². The third-order valence-corrected chi connectivity index (χ3v) is 3.91. The van der Waals surface area contributed by atoms with Gasteiger partial charge in [-0.15, -0.1) is 0 Å². The van der Waals surface area contributed by atoms with Crippen LogP contribution in [0, 0.1) is 0 Å².